The van der Waals surface area contributed by atoms with E-state index in [1.54, 1.807) is 18.2 Å². The molecule has 1 aromatic carbocycles. The van der Waals surface area contributed by atoms with E-state index in [9.17, 15) is 18.8 Å². The smallest absolute Gasteiger partial charge is 0.306 e. The number of amides is 2. The van der Waals surface area contributed by atoms with E-state index >= 15 is 0 Å². The highest BCUT2D eigenvalue weighted by Crippen LogP contribution is 2.18. The zero-order chi connectivity index (χ0) is 17.5. The van der Waals surface area contributed by atoms with E-state index in [4.69, 9.17) is 4.74 Å². The van der Waals surface area contributed by atoms with Crippen LogP contribution in [-0.4, -0.2) is 48.9 Å². The molecule has 1 aliphatic carbocycles. The minimum absolute atomic E-state index is 0.0138. The molecule has 1 saturated carbocycles. The monoisotopic (exact) mass is 336 g/mol. The van der Waals surface area contributed by atoms with Crippen LogP contribution in [0.4, 0.5) is 4.39 Å². The van der Waals surface area contributed by atoms with Gasteiger partial charge < -0.3 is 15.0 Å². The van der Waals surface area contributed by atoms with Crippen LogP contribution in [0.3, 0.4) is 0 Å². The SMILES string of the molecule is CN(CC(=O)NC1CC1)C(=O)COC(=O)CCc1ccccc1F. The second kappa shape index (κ2) is 8.42. The molecule has 0 spiro atoms. The van der Waals surface area contributed by atoms with Gasteiger partial charge in [0, 0.05) is 19.5 Å². The molecule has 0 atom stereocenters. The molecular formula is C17H21FN2O4. The number of aryl methyl sites for hydroxylation is 1. The van der Waals surface area contributed by atoms with Gasteiger partial charge in [-0.3, -0.25) is 14.4 Å². The van der Waals surface area contributed by atoms with Crippen molar-refractivity contribution in [2.45, 2.75) is 31.7 Å². The van der Waals surface area contributed by atoms with Gasteiger partial charge in [0.15, 0.2) is 6.61 Å². The first kappa shape index (κ1) is 17.9. The number of ether oxygens (including phenoxy) is 1. The van der Waals surface area contributed by atoms with Gasteiger partial charge in [-0.25, -0.2) is 4.39 Å². The van der Waals surface area contributed by atoms with E-state index in [1.807, 2.05) is 0 Å². The molecule has 0 saturated heterocycles. The van der Waals surface area contributed by atoms with Crippen molar-refractivity contribution in [3.8, 4) is 0 Å². The van der Waals surface area contributed by atoms with Crippen molar-refractivity contribution < 1.29 is 23.5 Å². The molecule has 0 aromatic heterocycles. The first-order chi connectivity index (χ1) is 11.5. The molecular weight excluding hydrogens is 315 g/mol. The highest BCUT2D eigenvalue weighted by atomic mass is 19.1. The Morgan fingerprint density at radius 2 is 2.00 bits per heavy atom. The minimum atomic E-state index is -0.581. The van der Waals surface area contributed by atoms with Crippen LogP contribution >= 0.6 is 0 Å². The van der Waals surface area contributed by atoms with E-state index in [1.165, 1.54) is 18.0 Å². The maximum absolute atomic E-state index is 13.4. The van der Waals surface area contributed by atoms with Gasteiger partial charge in [0.05, 0.1) is 6.54 Å². The van der Waals surface area contributed by atoms with E-state index in [2.05, 4.69) is 5.32 Å². The largest absolute Gasteiger partial charge is 0.456 e. The number of hydrogen-bond donors (Lipinski definition) is 1. The van der Waals surface area contributed by atoms with Crippen LogP contribution < -0.4 is 5.32 Å². The van der Waals surface area contributed by atoms with Gasteiger partial charge in [-0.2, -0.15) is 0 Å². The van der Waals surface area contributed by atoms with E-state index in [-0.39, 0.29) is 37.2 Å². The van der Waals surface area contributed by atoms with Crippen molar-refractivity contribution in [2.24, 2.45) is 0 Å². The number of nitrogens with zero attached hydrogens (tertiary/aromatic N) is 1. The van der Waals surface area contributed by atoms with Crippen molar-refractivity contribution in [1.29, 1.82) is 0 Å². The van der Waals surface area contributed by atoms with Crippen LogP contribution in [-0.2, 0) is 25.5 Å². The summed E-state index contributed by atoms with van der Waals surface area (Å²) in [7, 11) is 1.47. The maximum atomic E-state index is 13.4. The summed E-state index contributed by atoms with van der Waals surface area (Å²) in [5.74, 6) is -1.63. The first-order valence-electron chi connectivity index (χ1n) is 7.88. The number of nitrogens with one attached hydrogen (secondary N) is 1. The molecule has 0 radical (unpaired) electrons. The maximum Gasteiger partial charge on any atom is 0.306 e. The predicted molar refractivity (Wildman–Crippen MR) is 84.5 cm³/mol. The van der Waals surface area contributed by atoms with Crippen LogP contribution in [0.25, 0.3) is 0 Å². The van der Waals surface area contributed by atoms with E-state index < -0.39 is 18.5 Å². The molecule has 0 bridgehead atoms. The Morgan fingerprint density at radius 1 is 1.29 bits per heavy atom. The lowest BCUT2D eigenvalue weighted by atomic mass is 10.1. The number of rotatable bonds is 8. The topological polar surface area (TPSA) is 75.7 Å². The summed E-state index contributed by atoms with van der Waals surface area (Å²) in [5.41, 5.74) is 0.426. The second-order valence-corrected chi connectivity index (χ2v) is 5.84. The lowest BCUT2D eigenvalue weighted by Crippen LogP contribution is -2.40. The number of hydrogen-bond acceptors (Lipinski definition) is 4. The molecule has 1 N–H and O–H groups in total. The zero-order valence-electron chi connectivity index (χ0n) is 13.6. The third-order valence-corrected chi connectivity index (χ3v) is 3.66. The first-order valence-corrected chi connectivity index (χ1v) is 7.88. The minimum Gasteiger partial charge on any atom is -0.456 e. The molecule has 7 heteroatoms. The fourth-order valence-electron chi connectivity index (χ4n) is 2.07. The molecule has 6 nitrogen and oxygen atoms in total. The van der Waals surface area contributed by atoms with Gasteiger partial charge >= 0.3 is 5.97 Å². The zero-order valence-corrected chi connectivity index (χ0v) is 13.6. The van der Waals surface area contributed by atoms with Crippen molar-refractivity contribution in [2.75, 3.05) is 20.2 Å². The Labute approximate surface area is 140 Å². The Balaban J connectivity index is 1.65. The molecule has 2 rings (SSSR count). The molecule has 2 amide bonds. The number of carbonyl (C=O) groups is 3. The molecule has 1 fully saturated rings. The van der Waals surface area contributed by atoms with Crippen LogP contribution in [0.15, 0.2) is 24.3 Å². The average molecular weight is 336 g/mol. The van der Waals surface area contributed by atoms with Crippen molar-refractivity contribution in [3.05, 3.63) is 35.6 Å². The summed E-state index contributed by atoms with van der Waals surface area (Å²) in [6.45, 7) is -0.495. The summed E-state index contributed by atoms with van der Waals surface area (Å²) in [5, 5.41) is 2.77. The average Bonchev–Trinajstić information content (AvgIpc) is 3.35. The van der Waals surface area contributed by atoms with E-state index in [0.29, 0.717) is 5.56 Å². The molecule has 0 aliphatic heterocycles. The van der Waals surface area contributed by atoms with Crippen LogP contribution in [0.1, 0.15) is 24.8 Å². The van der Waals surface area contributed by atoms with Gasteiger partial charge in [0.2, 0.25) is 5.91 Å². The van der Waals surface area contributed by atoms with Crippen molar-refractivity contribution in [1.82, 2.24) is 10.2 Å². The lowest BCUT2D eigenvalue weighted by molar-refractivity contribution is -0.151. The fraction of sp³-hybridized carbons (Fsp3) is 0.471. The standard InChI is InChI=1S/C17H21FN2O4/c1-20(10-15(21)19-13-7-8-13)16(22)11-24-17(23)9-6-12-4-2-3-5-14(12)18/h2-5,13H,6-11H2,1H3,(H,19,21). The van der Waals surface area contributed by atoms with Gasteiger partial charge in [-0.15, -0.1) is 0 Å². The Bertz CT molecular complexity index is 616. The highest BCUT2D eigenvalue weighted by molar-refractivity contribution is 5.86. The molecule has 0 heterocycles. The molecule has 130 valence electrons. The Hall–Kier alpha value is -2.44. The third-order valence-electron chi connectivity index (χ3n) is 3.66. The number of carbonyl (C=O) groups excluding carboxylic acids is 3. The van der Waals surface area contributed by atoms with Crippen LogP contribution in [0.2, 0.25) is 0 Å². The second-order valence-electron chi connectivity index (χ2n) is 5.84. The lowest BCUT2D eigenvalue weighted by Gasteiger charge is -2.16. The van der Waals surface area contributed by atoms with Crippen molar-refractivity contribution in [3.63, 3.8) is 0 Å². The summed E-state index contributed by atoms with van der Waals surface area (Å²) >= 11 is 0. The van der Waals surface area contributed by atoms with E-state index in [0.717, 1.165) is 12.8 Å². The summed E-state index contributed by atoms with van der Waals surface area (Å²) in [4.78, 5) is 36.3. The highest BCUT2D eigenvalue weighted by Gasteiger charge is 2.24. The van der Waals surface area contributed by atoms with Gasteiger partial charge in [-0.05, 0) is 30.9 Å². The number of esters is 1. The number of likely N-dealkylation sites (N-methyl/N-ethyl adjacent to an activating group) is 1. The predicted octanol–water partition coefficient (Wildman–Crippen LogP) is 1.04. The normalized spacial score (nSPS) is 13.2. The van der Waals surface area contributed by atoms with Crippen molar-refractivity contribution >= 4 is 17.8 Å². The molecule has 0 unspecified atom stereocenters. The van der Waals surface area contributed by atoms with Gasteiger partial charge in [0.25, 0.3) is 5.91 Å². The third kappa shape index (κ3) is 5.98. The number of halogens is 1. The van der Waals surface area contributed by atoms with Crippen LogP contribution in [0, 0.1) is 5.82 Å². The summed E-state index contributed by atoms with van der Waals surface area (Å²) < 4.78 is 18.3. The quantitative estimate of drug-likeness (QED) is 0.720. The Kier molecular flexibility index (Phi) is 6.28. The van der Waals surface area contributed by atoms with Gasteiger partial charge in [0.1, 0.15) is 5.82 Å². The molecule has 1 aliphatic rings. The summed E-state index contributed by atoms with van der Waals surface area (Å²) in [6, 6.07) is 6.42. The Morgan fingerprint density at radius 3 is 2.67 bits per heavy atom. The molecule has 24 heavy (non-hydrogen) atoms. The summed E-state index contributed by atoms with van der Waals surface area (Å²) in [6.07, 6.45) is 2.14. The number of benzene rings is 1. The van der Waals surface area contributed by atoms with Gasteiger partial charge in [-0.1, -0.05) is 18.2 Å². The molecule has 1 aromatic rings. The van der Waals surface area contributed by atoms with Crippen LogP contribution in [0.5, 0.6) is 0 Å². The fourth-order valence-corrected chi connectivity index (χ4v) is 2.07.